The largest absolute Gasteiger partial charge is 0.384 e. The Balaban J connectivity index is 2.37. The highest BCUT2D eigenvalue weighted by Gasteiger charge is 2.32. The Bertz CT molecular complexity index is 547. The van der Waals surface area contributed by atoms with E-state index < -0.39 is 11.7 Å². The molecule has 0 fully saturated rings. The first kappa shape index (κ1) is 14.9. The van der Waals surface area contributed by atoms with Gasteiger partial charge in [0.05, 0.1) is 11.3 Å². The first-order valence-electron chi connectivity index (χ1n) is 6.46. The van der Waals surface area contributed by atoms with E-state index in [2.05, 4.69) is 10.1 Å². The molecule has 5 nitrogen and oxygen atoms in total. The van der Waals surface area contributed by atoms with Crippen LogP contribution in [0.1, 0.15) is 25.6 Å². The molecule has 0 aliphatic carbocycles. The molecule has 108 valence electrons. The van der Waals surface area contributed by atoms with E-state index in [9.17, 15) is 5.11 Å². The van der Waals surface area contributed by atoms with E-state index in [-0.39, 0.29) is 0 Å². The summed E-state index contributed by atoms with van der Waals surface area (Å²) in [6.07, 6.45) is 4.12. The third kappa shape index (κ3) is 3.33. The fraction of sp³-hybridized carbons (Fsp3) is 0.429. The van der Waals surface area contributed by atoms with Gasteiger partial charge in [-0.2, -0.15) is 5.10 Å². The number of thiophene rings is 1. The van der Waals surface area contributed by atoms with Gasteiger partial charge in [-0.1, -0.05) is 6.07 Å². The molecule has 0 saturated heterocycles. The third-order valence-corrected chi connectivity index (χ3v) is 3.79. The fourth-order valence-electron chi connectivity index (χ4n) is 1.94. The van der Waals surface area contributed by atoms with Crippen molar-refractivity contribution in [2.75, 3.05) is 6.61 Å². The molecule has 0 aliphatic heterocycles. The SMILES string of the molecule is CCOC(C)(C)C(O)/C(=C/c1cccs1)n1cncn1. The summed E-state index contributed by atoms with van der Waals surface area (Å²) in [5.74, 6) is 0. The number of aliphatic hydroxyl groups is 1. The van der Waals surface area contributed by atoms with Crippen molar-refractivity contribution in [3.63, 3.8) is 0 Å². The van der Waals surface area contributed by atoms with Crippen molar-refractivity contribution in [3.05, 3.63) is 35.0 Å². The smallest absolute Gasteiger partial charge is 0.138 e. The molecule has 1 unspecified atom stereocenters. The van der Waals surface area contributed by atoms with Crippen LogP contribution in [0.2, 0.25) is 0 Å². The standard InChI is InChI=1S/C14H19N3O2S/c1-4-19-14(2,3)13(18)12(17-10-15-9-16-17)8-11-6-5-7-20-11/h5-10,13,18H,4H2,1-3H3/b12-8-. The summed E-state index contributed by atoms with van der Waals surface area (Å²) in [6.45, 7) is 6.17. The summed E-state index contributed by atoms with van der Waals surface area (Å²) < 4.78 is 7.21. The van der Waals surface area contributed by atoms with Crippen LogP contribution < -0.4 is 0 Å². The lowest BCUT2D eigenvalue weighted by Gasteiger charge is -2.31. The molecule has 0 bridgehead atoms. The first-order chi connectivity index (χ1) is 9.54. The Kier molecular flexibility index (Phi) is 4.69. The van der Waals surface area contributed by atoms with Crippen LogP contribution >= 0.6 is 11.3 Å². The zero-order valence-electron chi connectivity index (χ0n) is 11.9. The van der Waals surface area contributed by atoms with Crippen molar-refractivity contribution < 1.29 is 9.84 Å². The van der Waals surface area contributed by atoms with Gasteiger partial charge in [0.15, 0.2) is 0 Å². The van der Waals surface area contributed by atoms with Gasteiger partial charge in [-0.15, -0.1) is 11.3 Å². The van der Waals surface area contributed by atoms with Crippen molar-refractivity contribution in [2.45, 2.75) is 32.5 Å². The lowest BCUT2D eigenvalue weighted by molar-refractivity contribution is -0.0753. The van der Waals surface area contributed by atoms with Crippen LogP contribution in [0.5, 0.6) is 0 Å². The predicted octanol–water partition coefficient (Wildman–Crippen LogP) is 2.51. The average Bonchev–Trinajstić information content (AvgIpc) is 3.08. The van der Waals surface area contributed by atoms with E-state index in [1.54, 1.807) is 22.3 Å². The fourth-order valence-corrected chi connectivity index (χ4v) is 2.60. The Labute approximate surface area is 122 Å². The molecule has 1 N–H and O–H groups in total. The molecular weight excluding hydrogens is 274 g/mol. The normalized spacial score (nSPS) is 14.5. The maximum Gasteiger partial charge on any atom is 0.138 e. The molecule has 0 saturated carbocycles. The van der Waals surface area contributed by atoms with E-state index in [1.165, 1.54) is 6.33 Å². The first-order valence-corrected chi connectivity index (χ1v) is 7.34. The zero-order valence-corrected chi connectivity index (χ0v) is 12.7. The van der Waals surface area contributed by atoms with Gasteiger partial charge in [-0.05, 0) is 38.3 Å². The molecule has 20 heavy (non-hydrogen) atoms. The van der Waals surface area contributed by atoms with Crippen LogP contribution in [-0.2, 0) is 4.74 Å². The topological polar surface area (TPSA) is 60.2 Å². The zero-order chi connectivity index (χ0) is 14.6. The molecule has 2 rings (SSSR count). The second kappa shape index (κ2) is 6.30. The molecule has 0 radical (unpaired) electrons. The molecule has 1 atom stereocenters. The Morgan fingerprint density at radius 2 is 2.40 bits per heavy atom. The van der Waals surface area contributed by atoms with E-state index in [4.69, 9.17) is 4.74 Å². The highest BCUT2D eigenvalue weighted by molar-refractivity contribution is 7.10. The van der Waals surface area contributed by atoms with Crippen molar-refractivity contribution in [2.24, 2.45) is 0 Å². The molecular formula is C14H19N3O2S. The summed E-state index contributed by atoms with van der Waals surface area (Å²) in [5.41, 5.74) is -0.0625. The average molecular weight is 293 g/mol. The third-order valence-electron chi connectivity index (χ3n) is 2.97. The van der Waals surface area contributed by atoms with E-state index in [0.717, 1.165) is 4.88 Å². The molecule has 6 heteroatoms. The van der Waals surface area contributed by atoms with Crippen molar-refractivity contribution in [1.29, 1.82) is 0 Å². The number of hydrogen-bond donors (Lipinski definition) is 1. The monoisotopic (exact) mass is 293 g/mol. The highest BCUT2D eigenvalue weighted by atomic mass is 32.1. The van der Waals surface area contributed by atoms with E-state index in [0.29, 0.717) is 12.3 Å². The summed E-state index contributed by atoms with van der Waals surface area (Å²) in [6, 6.07) is 3.96. The number of nitrogens with zero attached hydrogens (tertiary/aromatic N) is 3. The minimum atomic E-state index is -0.814. The van der Waals surface area contributed by atoms with Crippen LogP contribution in [-0.4, -0.2) is 38.2 Å². The highest BCUT2D eigenvalue weighted by Crippen LogP contribution is 2.26. The summed E-state index contributed by atoms with van der Waals surface area (Å²) >= 11 is 1.60. The van der Waals surface area contributed by atoms with Gasteiger partial charge in [0, 0.05) is 11.5 Å². The maximum atomic E-state index is 10.7. The number of hydrogen-bond acceptors (Lipinski definition) is 5. The second-order valence-electron chi connectivity index (χ2n) is 4.86. The molecule has 0 spiro atoms. The quantitative estimate of drug-likeness (QED) is 0.889. The van der Waals surface area contributed by atoms with Crippen LogP contribution in [0.25, 0.3) is 11.8 Å². The van der Waals surface area contributed by atoms with Gasteiger partial charge in [-0.25, -0.2) is 9.67 Å². The number of ether oxygens (including phenoxy) is 1. The Morgan fingerprint density at radius 1 is 1.60 bits per heavy atom. The lowest BCUT2D eigenvalue weighted by atomic mass is 9.98. The van der Waals surface area contributed by atoms with Crippen LogP contribution in [0, 0.1) is 0 Å². The van der Waals surface area contributed by atoms with Gasteiger partial charge in [0.1, 0.15) is 18.8 Å². The van der Waals surface area contributed by atoms with Gasteiger partial charge < -0.3 is 9.84 Å². The van der Waals surface area contributed by atoms with E-state index >= 15 is 0 Å². The predicted molar refractivity (Wildman–Crippen MR) is 80.2 cm³/mol. The van der Waals surface area contributed by atoms with Crippen molar-refractivity contribution in [1.82, 2.24) is 14.8 Å². The van der Waals surface area contributed by atoms with Gasteiger partial charge in [0.2, 0.25) is 0 Å². The van der Waals surface area contributed by atoms with Crippen LogP contribution in [0.15, 0.2) is 30.2 Å². The summed E-state index contributed by atoms with van der Waals surface area (Å²) in [4.78, 5) is 4.99. The molecule has 2 aromatic heterocycles. The number of aliphatic hydroxyl groups excluding tert-OH is 1. The van der Waals surface area contributed by atoms with Crippen molar-refractivity contribution in [3.8, 4) is 0 Å². The summed E-state index contributed by atoms with van der Waals surface area (Å²) in [5, 5.41) is 16.8. The summed E-state index contributed by atoms with van der Waals surface area (Å²) in [7, 11) is 0. The minimum Gasteiger partial charge on any atom is -0.384 e. The van der Waals surface area contributed by atoms with Crippen LogP contribution in [0.3, 0.4) is 0 Å². The Hall–Kier alpha value is -1.50. The molecule has 0 aromatic carbocycles. The molecule has 2 aromatic rings. The molecule has 0 aliphatic rings. The van der Waals surface area contributed by atoms with Crippen LogP contribution in [0.4, 0.5) is 0 Å². The number of aromatic nitrogens is 3. The lowest BCUT2D eigenvalue weighted by Crippen LogP contribution is -2.41. The second-order valence-corrected chi connectivity index (χ2v) is 5.84. The van der Waals surface area contributed by atoms with Gasteiger partial charge in [-0.3, -0.25) is 0 Å². The van der Waals surface area contributed by atoms with E-state index in [1.807, 2.05) is 44.4 Å². The number of rotatable bonds is 6. The van der Waals surface area contributed by atoms with Crippen molar-refractivity contribution >= 4 is 23.1 Å². The van der Waals surface area contributed by atoms with Gasteiger partial charge >= 0.3 is 0 Å². The molecule has 2 heterocycles. The molecule has 0 amide bonds. The Morgan fingerprint density at radius 3 is 2.95 bits per heavy atom. The minimum absolute atomic E-state index is 0.535. The van der Waals surface area contributed by atoms with Gasteiger partial charge in [0.25, 0.3) is 0 Å². The maximum absolute atomic E-state index is 10.7.